The highest BCUT2D eigenvalue weighted by Gasteiger charge is 2.38. The molecule has 0 atom stereocenters. The molecule has 0 unspecified atom stereocenters. The summed E-state index contributed by atoms with van der Waals surface area (Å²) < 4.78 is 0. The number of aromatic hydroxyl groups is 1. The highest BCUT2D eigenvalue weighted by Crippen LogP contribution is 2.37. The Morgan fingerprint density at radius 1 is 1.23 bits per heavy atom. The van der Waals surface area contributed by atoms with Crippen LogP contribution in [0.5, 0.6) is 5.75 Å². The number of pyridine rings is 1. The first-order chi connectivity index (χ1) is 12.5. The van der Waals surface area contributed by atoms with Crippen LogP contribution >= 0.6 is 0 Å². The molecule has 1 aliphatic carbocycles. The normalized spacial score (nSPS) is 21.8. The van der Waals surface area contributed by atoms with Crippen LogP contribution in [-0.2, 0) is 0 Å². The van der Waals surface area contributed by atoms with Gasteiger partial charge in [-0.2, -0.15) is 0 Å². The van der Waals surface area contributed by atoms with Gasteiger partial charge >= 0.3 is 0 Å². The molecule has 26 heavy (non-hydrogen) atoms. The molecule has 6 nitrogen and oxygen atoms in total. The molecule has 130 valence electrons. The standard InChI is InChI=1S/C20H18N4O2/c1-3-12-4-5-15(17(25)8-12)18-14-6-7-21-11-16(14)19(24-23-18)22-13-9-20(2,26)10-13/h1,4-8,11,13,25-26H,9-10H2,2H3,(H,22,24). The molecular weight excluding hydrogens is 328 g/mol. The minimum atomic E-state index is -0.621. The molecule has 1 fully saturated rings. The van der Waals surface area contributed by atoms with Gasteiger partial charge in [0.2, 0.25) is 0 Å². The molecule has 1 aliphatic rings. The van der Waals surface area contributed by atoms with Crippen molar-refractivity contribution in [3.8, 4) is 29.4 Å². The second-order valence-corrected chi connectivity index (χ2v) is 6.94. The van der Waals surface area contributed by atoms with Crippen LogP contribution < -0.4 is 5.32 Å². The fourth-order valence-corrected chi connectivity index (χ4v) is 3.42. The van der Waals surface area contributed by atoms with E-state index in [1.54, 1.807) is 24.5 Å². The topological polar surface area (TPSA) is 91.2 Å². The lowest BCUT2D eigenvalue weighted by molar-refractivity contribution is -0.0235. The first-order valence-corrected chi connectivity index (χ1v) is 8.36. The number of terminal acetylenes is 1. The fraction of sp³-hybridized carbons (Fsp3) is 0.250. The summed E-state index contributed by atoms with van der Waals surface area (Å²) in [7, 11) is 0. The predicted molar refractivity (Wildman–Crippen MR) is 99.6 cm³/mol. The van der Waals surface area contributed by atoms with Gasteiger partial charge in [-0.25, -0.2) is 0 Å². The van der Waals surface area contributed by atoms with E-state index in [-0.39, 0.29) is 11.8 Å². The van der Waals surface area contributed by atoms with Crippen molar-refractivity contribution in [3.63, 3.8) is 0 Å². The Balaban J connectivity index is 1.76. The number of nitrogens with zero attached hydrogens (tertiary/aromatic N) is 3. The Morgan fingerprint density at radius 3 is 2.73 bits per heavy atom. The van der Waals surface area contributed by atoms with E-state index in [0.717, 1.165) is 10.8 Å². The van der Waals surface area contributed by atoms with Gasteiger partial charge in [0.25, 0.3) is 0 Å². The lowest BCUT2D eigenvalue weighted by Gasteiger charge is -2.41. The molecule has 0 amide bonds. The molecule has 1 aromatic carbocycles. The van der Waals surface area contributed by atoms with Crippen molar-refractivity contribution >= 4 is 16.6 Å². The number of hydrogen-bond donors (Lipinski definition) is 3. The Kier molecular flexibility index (Phi) is 3.74. The van der Waals surface area contributed by atoms with Crippen LogP contribution in [0.15, 0.2) is 36.7 Å². The zero-order valence-corrected chi connectivity index (χ0v) is 14.3. The third kappa shape index (κ3) is 2.83. The van der Waals surface area contributed by atoms with E-state index in [9.17, 15) is 10.2 Å². The molecule has 3 N–H and O–H groups in total. The number of nitrogens with one attached hydrogen (secondary N) is 1. The predicted octanol–water partition coefficient (Wildman–Crippen LogP) is 2.70. The molecule has 0 bridgehead atoms. The monoisotopic (exact) mass is 346 g/mol. The Hall–Kier alpha value is -3.17. The molecule has 2 aromatic heterocycles. The largest absolute Gasteiger partial charge is 0.507 e. The number of aliphatic hydroxyl groups is 1. The van der Waals surface area contributed by atoms with E-state index in [1.807, 2.05) is 13.0 Å². The fourth-order valence-electron chi connectivity index (χ4n) is 3.42. The quantitative estimate of drug-likeness (QED) is 0.632. The molecule has 0 aliphatic heterocycles. The maximum absolute atomic E-state index is 10.3. The van der Waals surface area contributed by atoms with Crippen LogP contribution in [-0.4, -0.2) is 37.0 Å². The highest BCUT2D eigenvalue weighted by atomic mass is 16.3. The summed E-state index contributed by atoms with van der Waals surface area (Å²) in [5, 5.41) is 33.8. The summed E-state index contributed by atoms with van der Waals surface area (Å²) in [6.45, 7) is 1.82. The average molecular weight is 346 g/mol. The van der Waals surface area contributed by atoms with Crippen LogP contribution in [0.2, 0.25) is 0 Å². The molecule has 0 radical (unpaired) electrons. The van der Waals surface area contributed by atoms with Gasteiger partial charge in [0.05, 0.1) is 5.60 Å². The number of anilines is 1. The molecule has 3 aromatic rings. The lowest BCUT2D eigenvalue weighted by Crippen LogP contribution is -2.48. The number of hydrogen-bond acceptors (Lipinski definition) is 6. The third-order valence-electron chi connectivity index (χ3n) is 4.71. The smallest absolute Gasteiger partial charge is 0.158 e. The molecule has 2 heterocycles. The minimum Gasteiger partial charge on any atom is -0.507 e. The summed E-state index contributed by atoms with van der Waals surface area (Å²) in [4.78, 5) is 4.19. The van der Waals surface area contributed by atoms with E-state index in [4.69, 9.17) is 6.42 Å². The van der Waals surface area contributed by atoms with E-state index < -0.39 is 5.60 Å². The number of rotatable bonds is 3. The number of phenols is 1. The van der Waals surface area contributed by atoms with Crippen molar-refractivity contribution < 1.29 is 10.2 Å². The Morgan fingerprint density at radius 2 is 2.04 bits per heavy atom. The van der Waals surface area contributed by atoms with Crippen molar-refractivity contribution in [1.29, 1.82) is 0 Å². The zero-order valence-electron chi connectivity index (χ0n) is 14.3. The van der Waals surface area contributed by atoms with Gasteiger partial charge in [0.15, 0.2) is 5.82 Å². The first-order valence-electron chi connectivity index (χ1n) is 8.36. The Bertz CT molecular complexity index is 1030. The number of phenolic OH excluding ortho intramolecular Hbond substituents is 1. The summed E-state index contributed by atoms with van der Waals surface area (Å²) >= 11 is 0. The van der Waals surface area contributed by atoms with Gasteiger partial charge in [-0.15, -0.1) is 16.6 Å². The minimum absolute atomic E-state index is 0.0589. The summed E-state index contributed by atoms with van der Waals surface area (Å²) in [5.41, 5.74) is 1.10. The molecule has 4 rings (SSSR count). The van der Waals surface area contributed by atoms with Crippen molar-refractivity contribution in [2.75, 3.05) is 5.32 Å². The molecular formula is C20H18N4O2. The number of benzene rings is 1. The second kappa shape index (κ2) is 5.97. The van der Waals surface area contributed by atoms with Crippen LogP contribution in [0.25, 0.3) is 22.0 Å². The summed E-state index contributed by atoms with van der Waals surface area (Å²) in [6.07, 6.45) is 10.1. The second-order valence-electron chi connectivity index (χ2n) is 6.94. The van der Waals surface area contributed by atoms with Crippen LogP contribution in [0, 0.1) is 12.3 Å². The number of fused-ring (bicyclic) bond motifs is 1. The average Bonchev–Trinajstić information content (AvgIpc) is 2.61. The third-order valence-corrected chi connectivity index (χ3v) is 4.71. The van der Waals surface area contributed by atoms with Crippen LogP contribution in [0.1, 0.15) is 25.3 Å². The van der Waals surface area contributed by atoms with Gasteiger partial charge in [-0.1, -0.05) is 5.92 Å². The van der Waals surface area contributed by atoms with Gasteiger partial charge in [-0.3, -0.25) is 4.98 Å². The van der Waals surface area contributed by atoms with Gasteiger partial charge in [0, 0.05) is 40.3 Å². The SMILES string of the molecule is C#Cc1ccc(-c2nnc(NC3CC(C)(O)C3)c3cnccc23)c(O)c1. The van der Waals surface area contributed by atoms with Crippen molar-refractivity contribution in [2.24, 2.45) is 0 Å². The van der Waals surface area contributed by atoms with Gasteiger partial charge in [-0.05, 0) is 44.0 Å². The van der Waals surface area contributed by atoms with Crippen LogP contribution in [0.4, 0.5) is 5.82 Å². The zero-order chi connectivity index (χ0) is 18.3. The molecule has 1 saturated carbocycles. The van der Waals surface area contributed by atoms with E-state index in [1.165, 1.54) is 6.07 Å². The highest BCUT2D eigenvalue weighted by molar-refractivity contribution is 6.00. The van der Waals surface area contributed by atoms with E-state index in [2.05, 4.69) is 26.4 Å². The summed E-state index contributed by atoms with van der Waals surface area (Å²) in [6, 6.07) is 7.02. The molecule has 6 heteroatoms. The lowest BCUT2D eigenvalue weighted by atomic mass is 9.77. The maximum atomic E-state index is 10.3. The van der Waals surface area contributed by atoms with Crippen LogP contribution in [0.3, 0.4) is 0 Å². The first kappa shape index (κ1) is 16.3. The Labute approximate surface area is 150 Å². The van der Waals surface area contributed by atoms with Gasteiger partial charge < -0.3 is 15.5 Å². The van der Waals surface area contributed by atoms with Crippen molar-refractivity contribution in [1.82, 2.24) is 15.2 Å². The molecule has 0 saturated heterocycles. The van der Waals surface area contributed by atoms with E-state index >= 15 is 0 Å². The summed E-state index contributed by atoms with van der Waals surface area (Å²) in [5.74, 6) is 3.18. The maximum Gasteiger partial charge on any atom is 0.158 e. The molecule has 0 spiro atoms. The van der Waals surface area contributed by atoms with E-state index in [0.29, 0.717) is 35.5 Å². The van der Waals surface area contributed by atoms with Crippen molar-refractivity contribution in [3.05, 3.63) is 42.2 Å². The van der Waals surface area contributed by atoms with Gasteiger partial charge in [0.1, 0.15) is 11.4 Å². The number of aromatic nitrogens is 3. The van der Waals surface area contributed by atoms with Crippen molar-refractivity contribution in [2.45, 2.75) is 31.4 Å².